The Hall–Kier alpha value is -3.25. The van der Waals surface area contributed by atoms with Gasteiger partial charge in [0.25, 0.3) is 11.8 Å². The predicted molar refractivity (Wildman–Crippen MR) is 152 cm³/mol. The van der Waals surface area contributed by atoms with Crippen LogP contribution in [0.3, 0.4) is 0 Å². The van der Waals surface area contributed by atoms with Gasteiger partial charge in [0.2, 0.25) is 0 Å². The van der Waals surface area contributed by atoms with Crippen molar-refractivity contribution >= 4 is 50.4 Å². The second kappa shape index (κ2) is 11.5. The molecule has 0 radical (unpaired) electrons. The summed E-state index contributed by atoms with van der Waals surface area (Å²) in [5.41, 5.74) is 0.369. The fourth-order valence-corrected chi connectivity index (χ4v) is 6.65. The average molecular weight is 558 g/mol. The van der Waals surface area contributed by atoms with Gasteiger partial charge in [0.1, 0.15) is 15.4 Å². The minimum absolute atomic E-state index is 0.129. The van der Waals surface area contributed by atoms with E-state index in [1.54, 1.807) is 0 Å². The zero-order chi connectivity index (χ0) is 28.5. The van der Waals surface area contributed by atoms with Crippen LogP contribution >= 0.6 is 11.3 Å². The van der Waals surface area contributed by atoms with Crippen LogP contribution in [-0.2, 0) is 4.79 Å². The molecule has 6 amide bonds. The number of urea groups is 2. The first-order valence-corrected chi connectivity index (χ1v) is 14.4. The lowest BCUT2D eigenvalue weighted by molar-refractivity contribution is -0.133. The van der Waals surface area contributed by atoms with Crippen molar-refractivity contribution in [2.75, 3.05) is 38.5 Å². The van der Waals surface area contributed by atoms with E-state index in [9.17, 15) is 19.2 Å². The molecule has 0 spiro atoms. The third-order valence-corrected chi connectivity index (χ3v) is 8.84. The molecule has 11 nitrogen and oxygen atoms in total. The Morgan fingerprint density at radius 3 is 2.49 bits per heavy atom. The number of carbonyl (C=O) groups is 4. The number of anilines is 1. The van der Waals surface area contributed by atoms with Crippen LogP contribution in [0.1, 0.15) is 63.0 Å². The van der Waals surface area contributed by atoms with E-state index in [1.807, 2.05) is 44.7 Å². The number of hydrogen-bond donors (Lipinski definition) is 3. The molecule has 39 heavy (non-hydrogen) atoms. The largest absolute Gasteiger partial charge is 0.341 e. The molecule has 2 aliphatic rings. The topological polar surface area (TPSA) is 127 Å². The summed E-state index contributed by atoms with van der Waals surface area (Å²) in [4.78, 5) is 62.5. The van der Waals surface area contributed by atoms with Gasteiger partial charge in [-0.1, -0.05) is 25.2 Å². The second-order valence-electron chi connectivity index (χ2n) is 10.5. The number of aromatic nitrogens is 1. The number of pyridine rings is 1. The first kappa shape index (κ1) is 28.8. The zero-order valence-corrected chi connectivity index (χ0v) is 24.4. The highest BCUT2D eigenvalue weighted by Crippen LogP contribution is 2.36. The fraction of sp³-hybridized carbons (Fsp3) is 0.593. The number of thiophene rings is 1. The maximum Gasteiger partial charge on any atom is 0.325 e. The van der Waals surface area contributed by atoms with Crippen LogP contribution < -0.4 is 16.0 Å². The summed E-state index contributed by atoms with van der Waals surface area (Å²) in [6, 6.07) is 3.01. The number of piperidine rings is 1. The van der Waals surface area contributed by atoms with Gasteiger partial charge in [-0.25, -0.2) is 14.6 Å². The number of carbonyl (C=O) groups excluding carboxylic acids is 4. The van der Waals surface area contributed by atoms with Crippen molar-refractivity contribution in [1.82, 2.24) is 30.3 Å². The van der Waals surface area contributed by atoms with Crippen molar-refractivity contribution in [2.24, 2.45) is 0 Å². The molecule has 0 aromatic carbocycles. The second-order valence-corrected chi connectivity index (χ2v) is 11.5. The van der Waals surface area contributed by atoms with Gasteiger partial charge >= 0.3 is 12.1 Å². The summed E-state index contributed by atoms with van der Waals surface area (Å²) >= 11 is 1.30. The van der Waals surface area contributed by atoms with Crippen LogP contribution in [0.4, 0.5) is 14.6 Å². The Morgan fingerprint density at radius 2 is 1.92 bits per heavy atom. The molecule has 1 atom stereocenters. The summed E-state index contributed by atoms with van der Waals surface area (Å²) in [5, 5.41) is 9.54. The molecule has 2 aromatic heterocycles. The highest BCUT2D eigenvalue weighted by Gasteiger charge is 2.52. The number of hydrogen-bond acceptors (Lipinski definition) is 7. The molecule has 4 heterocycles. The quantitative estimate of drug-likeness (QED) is 0.427. The van der Waals surface area contributed by atoms with Crippen LogP contribution in [0.5, 0.6) is 0 Å². The van der Waals surface area contributed by atoms with Crippen LogP contribution in [0, 0.1) is 6.92 Å². The predicted octanol–water partition coefficient (Wildman–Crippen LogP) is 3.39. The molecule has 0 bridgehead atoms. The van der Waals surface area contributed by atoms with Crippen molar-refractivity contribution in [3.8, 4) is 0 Å². The number of likely N-dealkylation sites (tertiary alicyclic amines) is 1. The number of aryl methyl sites for hydroxylation is 1. The number of amides is 6. The summed E-state index contributed by atoms with van der Waals surface area (Å²) in [5.74, 6) is -0.295. The summed E-state index contributed by atoms with van der Waals surface area (Å²) in [6.45, 7) is 11.8. The summed E-state index contributed by atoms with van der Waals surface area (Å²) in [7, 11) is 1.53. The van der Waals surface area contributed by atoms with Crippen molar-refractivity contribution in [1.29, 1.82) is 0 Å². The lowest BCUT2D eigenvalue weighted by atomic mass is 9.92. The van der Waals surface area contributed by atoms with Crippen LogP contribution in [0.15, 0.2) is 12.1 Å². The summed E-state index contributed by atoms with van der Waals surface area (Å²) in [6.07, 6.45) is 1.99. The van der Waals surface area contributed by atoms with E-state index in [0.717, 1.165) is 30.5 Å². The number of likely N-dealkylation sites (N-methyl/N-ethyl adjacent to an activating group) is 1. The zero-order valence-electron chi connectivity index (χ0n) is 23.6. The monoisotopic (exact) mass is 557 g/mol. The molecular weight excluding hydrogens is 518 g/mol. The van der Waals surface area contributed by atoms with Gasteiger partial charge in [-0.15, -0.1) is 0 Å². The van der Waals surface area contributed by atoms with E-state index in [0.29, 0.717) is 41.5 Å². The van der Waals surface area contributed by atoms with Crippen molar-refractivity contribution in [3.63, 3.8) is 0 Å². The van der Waals surface area contributed by atoms with Gasteiger partial charge in [-0.3, -0.25) is 24.7 Å². The molecule has 1 unspecified atom stereocenters. The van der Waals surface area contributed by atoms with Gasteiger partial charge < -0.3 is 15.5 Å². The van der Waals surface area contributed by atoms with Gasteiger partial charge in [-0.05, 0) is 58.7 Å². The molecule has 2 fully saturated rings. The first-order valence-electron chi connectivity index (χ1n) is 13.6. The van der Waals surface area contributed by atoms with E-state index in [1.165, 1.54) is 23.3 Å². The lowest BCUT2D eigenvalue weighted by Crippen LogP contribution is -2.58. The van der Waals surface area contributed by atoms with E-state index >= 15 is 0 Å². The number of fused-ring (bicyclic) bond motifs is 1. The normalized spacial score (nSPS) is 20.3. The molecule has 2 aromatic rings. The molecule has 0 aliphatic carbocycles. The molecule has 4 rings (SSSR count). The number of nitrogens with zero attached hydrogens (tertiary/aromatic N) is 4. The third-order valence-electron chi connectivity index (χ3n) is 7.82. The maximum absolute atomic E-state index is 13.8. The molecule has 2 saturated heterocycles. The van der Waals surface area contributed by atoms with Crippen LogP contribution in [0.25, 0.3) is 10.2 Å². The third kappa shape index (κ3) is 5.44. The number of rotatable bonds is 8. The first-order chi connectivity index (χ1) is 18.5. The van der Waals surface area contributed by atoms with Crippen molar-refractivity contribution in [2.45, 2.75) is 71.5 Å². The molecular formula is C27H39N7O4S. The Bertz CT molecular complexity index is 1270. The van der Waals surface area contributed by atoms with Crippen molar-refractivity contribution < 1.29 is 19.2 Å². The fourth-order valence-electron chi connectivity index (χ4n) is 5.54. The minimum atomic E-state index is -0.939. The van der Waals surface area contributed by atoms with Crippen LogP contribution in [-0.4, -0.2) is 94.4 Å². The maximum atomic E-state index is 13.8. The number of imide groups is 1. The standard InChI is InChI=1S/C27H39N7O4S/c1-7-27(24(36)34(16(3)4)26(38)31-27)15-32(8-2)18-11-13-33(14-12-18)23(35)20-19-10-9-17(5)29-21(19)39-22(20)30-25(37)28-6/h9-10,16,18H,7-8,11-15H2,1-6H3,(H,31,38)(H2,28,30,37). The lowest BCUT2D eigenvalue weighted by Gasteiger charge is -2.41. The van der Waals surface area contributed by atoms with Crippen molar-refractivity contribution in [3.05, 3.63) is 23.4 Å². The average Bonchev–Trinajstić information content (AvgIpc) is 3.39. The van der Waals surface area contributed by atoms with E-state index in [4.69, 9.17) is 0 Å². The van der Waals surface area contributed by atoms with E-state index < -0.39 is 5.54 Å². The van der Waals surface area contributed by atoms with Gasteiger partial charge in [0.15, 0.2) is 0 Å². The molecule has 12 heteroatoms. The summed E-state index contributed by atoms with van der Waals surface area (Å²) < 4.78 is 0. The Morgan fingerprint density at radius 1 is 1.23 bits per heavy atom. The van der Waals surface area contributed by atoms with Gasteiger partial charge in [0, 0.05) is 49.8 Å². The Labute approximate surface area is 233 Å². The molecule has 0 saturated carbocycles. The Balaban J connectivity index is 1.49. The molecule has 2 aliphatic heterocycles. The van der Waals surface area contributed by atoms with Crippen LogP contribution in [0.2, 0.25) is 0 Å². The minimum Gasteiger partial charge on any atom is -0.341 e. The number of nitrogens with one attached hydrogen (secondary N) is 3. The molecule has 212 valence electrons. The Kier molecular flexibility index (Phi) is 8.45. The van der Waals surface area contributed by atoms with E-state index in [2.05, 4.69) is 32.8 Å². The smallest absolute Gasteiger partial charge is 0.325 e. The van der Waals surface area contributed by atoms with Gasteiger partial charge in [-0.2, -0.15) is 0 Å². The van der Waals surface area contributed by atoms with E-state index in [-0.39, 0.29) is 36.0 Å². The van der Waals surface area contributed by atoms with Gasteiger partial charge in [0.05, 0.1) is 5.56 Å². The highest BCUT2D eigenvalue weighted by atomic mass is 32.1. The SMILES string of the molecule is CCN(CC1(CC)NC(=O)N(C(C)C)C1=O)C1CCN(C(=O)c2c(NC(=O)NC)sc3nc(C)ccc23)CC1. The molecule has 3 N–H and O–H groups in total. The highest BCUT2D eigenvalue weighted by molar-refractivity contribution is 7.23.